The Hall–Kier alpha value is -3.45. The highest BCUT2D eigenvalue weighted by Gasteiger charge is 2.12. The van der Waals surface area contributed by atoms with Crippen LogP contribution >= 0.6 is 11.3 Å². The van der Waals surface area contributed by atoms with Crippen LogP contribution in [0.4, 0.5) is 11.4 Å². The van der Waals surface area contributed by atoms with Gasteiger partial charge in [-0.25, -0.2) is 0 Å². The van der Waals surface area contributed by atoms with Crippen LogP contribution in [0.2, 0.25) is 0 Å². The zero-order chi connectivity index (χ0) is 20.8. The van der Waals surface area contributed by atoms with Crippen molar-refractivity contribution in [3.8, 4) is 0 Å². The van der Waals surface area contributed by atoms with Crippen molar-refractivity contribution in [3.63, 3.8) is 0 Å². The lowest BCUT2D eigenvalue weighted by Crippen LogP contribution is -2.18. The molecule has 1 aromatic heterocycles. The van der Waals surface area contributed by atoms with Crippen LogP contribution in [0.25, 0.3) is 0 Å². The van der Waals surface area contributed by atoms with E-state index in [0.29, 0.717) is 28.4 Å². The summed E-state index contributed by atoms with van der Waals surface area (Å²) in [6.07, 6.45) is 0. The minimum atomic E-state index is -0.237. The third-order valence-electron chi connectivity index (χ3n) is 4.18. The molecule has 0 atom stereocenters. The number of nitrogens with one attached hydrogen (secondary N) is 3. The van der Waals surface area contributed by atoms with E-state index in [2.05, 4.69) is 16.0 Å². The number of hydrogen-bond acceptors (Lipinski definition) is 4. The predicted octanol–water partition coefficient (Wildman–Crippen LogP) is 4.20. The number of carbonyl (C=O) groups is 3. The number of benzene rings is 2. The van der Waals surface area contributed by atoms with Crippen LogP contribution in [0.1, 0.15) is 37.4 Å². The van der Waals surface area contributed by atoms with E-state index in [1.165, 1.54) is 18.3 Å². The van der Waals surface area contributed by atoms with E-state index in [-0.39, 0.29) is 17.7 Å². The molecule has 3 amide bonds. The molecule has 0 aliphatic heterocycles. The molecule has 0 saturated heterocycles. The molecule has 0 fully saturated rings. The van der Waals surface area contributed by atoms with Crippen LogP contribution in [0.15, 0.2) is 60.7 Å². The maximum absolute atomic E-state index is 12.6. The van der Waals surface area contributed by atoms with Gasteiger partial charge in [-0.3, -0.25) is 14.4 Å². The van der Waals surface area contributed by atoms with Gasteiger partial charge in [-0.2, -0.15) is 0 Å². The Morgan fingerprint density at radius 3 is 2.38 bits per heavy atom. The fourth-order valence-electron chi connectivity index (χ4n) is 2.62. The van der Waals surface area contributed by atoms with Crippen LogP contribution < -0.4 is 16.0 Å². The molecule has 0 spiro atoms. The van der Waals surface area contributed by atoms with Gasteiger partial charge in [-0.05, 0) is 48.9 Å². The molecule has 1 heterocycles. The minimum Gasteiger partial charge on any atom is -0.351 e. The Morgan fingerprint density at radius 2 is 1.66 bits per heavy atom. The highest BCUT2D eigenvalue weighted by atomic mass is 32.1. The number of aryl methyl sites for hydroxylation is 1. The maximum Gasteiger partial charge on any atom is 0.265 e. The Bertz CT molecular complexity index is 1040. The van der Waals surface area contributed by atoms with Crippen LogP contribution in [0, 0.1) is 6.92 Å². The normalized spacial score (nSPS) is 10.3. The van der Waals surface area contributed by atoms with Crippen molar-refractivity contribution >= 4 is 40.4 Å². The SMILES string of the molecule is CC(=O)NCc1ccc(C(=O)Nc2cc(NC(=O)c3ccccc3)ccc2C)s1. The topological polar surface area (TPSA) is 87.3 Å². The smallest absolute Gasteiger partial charge is 0.265 e. The maximum atomic E-state index is 12.6. The zero-order valence-electron chi connectivity index (χ0n) is 16.1. The zero-order valence-corrected chi connectivity index (χ0v) is 16.9. The fourth-order valence-corrected chi connectivity index (χ4v) is 3.46. The molecule has 3 N–H and O–H groups in total. The second kappa shape index (κ2) is 9.16. The van der Waals surface area contributed by atoms with E-state index >= 15 is 0 Å². The van der Waals surface area contributed by atoms with Crippen molar-refractivity contribution < 1.29 is 14.4 Å². The third-order valence-corrected chi connectivity index (χ3v) is 5.26. The lowest BCUT2D eigenvalue weighted by Gasteiger charge is -2.11. The lowest BCUT2D eigenvalue weighted by molar-refractivity contribution is -0.119. The Labute approximate surface area is 173 Å². The van der Waals surface area contributed by atoms with Crippen molar-refractivity contribution in [1.29, 1.82) is 0 Å². The quantitative estimate of drug-likeness (QED) is 0.572. The average molecular weight is 407 g/mol. The van der Waals surface area contributed by atoms with Gasteiger partial charge >= 0.3 is 0 Å². The summed E-state index contributed by atoms with van der Waals surface area (Å²) < 4.78 is 0. The van der Waals surface area contributed by atoms with E-state index in [1.54, 1.807) is 42.5 Å². The van der Waals surface area contributed by atoms with E-state index in [4.69, 9.17) is 0 Å². The van der Waals surface area contributed by atoms with Crippen molar-refractivity contribution in [2.45, 2.75) is 20.4 Å². The summed E-state index contributed by atoms with van der Waals surface area (Å²) in [5, 5.41) is 8.44. The van der Waals surface area contributed by atoms with Gasteiger partial charge in [0.1, 0.15) is 0 Å². The lowest BCUT2D eigenvalue weighted by atomic mass is 10.1. The number of hydrogen-bond donors (Lipinski definition) is 3. The van der Waals surface area contributed by atoms with Gasteiger partial charge in [0.15, 0.2) is 0 Å². The molecule has 7 heteroatoms. The summed E-state index contributed by atoms with van der Waals surface area (Å²) in [6.45, 7) is 3.73. The Balaban J connectivity index is 1.69. The van der Waals surface area contributed by atoms with E-state index in [9.17, 15) is 14.4 Å². The largest absolute Gasteiger partial charge is 0.351 e. The van der Waals surface area contributed by atoms with Gasteiger partial charge in [0, 0.05) is 28.7 Å². The highest BCUT2D eigenvalue weighted by Crippen LogP contribution is 2.23. The molecule has 148 valence electrons. The molecule has 6 nitrogen and oxygen atoms in total. The number of rotatable bonds is 6. The van der Waals surface area contributed by atoms with Gasteiger partial charge in [0.25, 0.3) is 11.8 Å². The standard InChI is InChI=1S/C22H21N3O3S/c1-14-8-9-17(24-21(27)16-6-4-3-5-7-16)12-19(14)25-22(28)20-11-10-18(29-20)13-23-15(2)26/h3-12H,13H2,1-2H3,(H,23,26)(H,24,27)(H,25,28). The first-order valence-corrected chi connectivity index (χ1v) is 9.85. The van der Waals surface area contributed by atoms with Crippen LogP contribution in [0.5, 0.6) is 0 Å². The van der Waals surface area contributed by atoms with Crippen molar-refractivity contribution in [2.24, 2.45) is 0 Å². The third kappa shape index (κ3) is 5.52. The molecule has 29 heavy (non-hydrogen) atoms. The number of thiophene rings is 1. The molecule has 0 bridgehead atoms. The van der Waals surface area contributed by atoms with Crippen molar-refractivity contribution in [3.05, 3.63) is 81.5 Å². The summed E-state index contributed by atoms with van der Waals surface area (Å²) in [5.41, 5.74) is 2.66. The van der Waals surface area contributed by atoms with Gasteiger partial charge < -0.3 is 16.0 Å². The van der Waals surface area contributed by atoms with Crippen LogP contribution in [-0.4, -0.2) is 17.7 Å². The molecule has 0 saturated carbocycles. The second-order valence-corrected chi connectivity index (χ2v) is 7.65. The summed E-state index contributed by atoms with van der Waals surface area (Å²) in [7, 11) is 0. The monoisotopic (exact) mass is 407 g/mol. The molecule has 3 rings (SSSR count). The Kier molecular flexibility index (Phi) is 6.41. The Morgan fingerprint density at radius 1 is 0.897 bits per heavy atom. The molecular weight excluding hydrogens is 386 g/mol. The van der Waals surface area contributed by atoms with Gasteiger partial charge in [0.2, 0.25) is 5.91 Å². The number of amides is 3. The summed E-state index contributed by atoms with van der Waals surface area (Å²) in [4.78, 5) is 37.4. The van der Waals surface area contributed by atoms with Gasteiger partial charge in [0.05, 0.1) is 11.4 Å². The van der Waals surface area contributed by atoms with Crippen molar-refractivity contribution in [1.82, 2.24) is 5.32 Å². The molecular formula is C22H21N3O3S. The second-order valence-electron chi connectivity index (χ2n) is 6.48. The highest BCUT2D eigenvalue weighted by molar-refractivity contribution is 7.14. The number of anilines is 2. The van der Waals surface area contributed by atoms with Gasteiger partial charge in [-0.1, -0.05) is 24.3 Å². The first-order chi connectivity index (χ1) is 13.9. The van der Waals surface area contributed by atoms with Crippen LogP contribution in [0.3, 0.4) is 0 Å². The predicted molar refractivity (Wildman–Crippen MR) is 115 cm³/mol. The van der Waals surface area contributed by atoms with Crippen LogP contribution in [-0.2, 0) is 11.3 Å². The molecule has 0 aliphatic carbocycles. The van der Waals surface area contributed by atoms with Gasteiger partial charge in [-0.15, -0.1) is 11.3 Å². The average Bonchev–Trinajstić information content (AvgIpc) is 3.19. The van der Waals surface area contributed by atoms with E-state index in [1.807, 2.05) is 25.1 Å². The molecule has 3 aromatic rings. The first-order valence-electron chi connectivity index (χ1n) is 9.04. The van der Waals surface area contributed by atoms with Crippen molar-refractivity contribution in [2.75, 3.05) is 10.6 Å². The minimum absolute atomic E-state index is 0.116. The summed E-state index contributed by atoms with van der Waals surface area (Å²) in [5.74, 6) is -0.569. The summed E-state index contributed by atoms with van der Waals surface area (Å²) >= 11 is 1.32. The fraction of sp³-hybridized carbons (Fsp3) is 0.136. The summed E-state index contributed by atoms with van der Waals surface area (Å²) in [6, 6.07) is 17.8. The van der Waals surface area contributed by atoms with E-state index < -0.39 is 0 Å². The molecule has 0 radical (unpaired) electrons. The first kappa shape index (κ1) is 20.3. The van der Waals surface area contributed by atoms with E-state index in [0.717, 1.165) is 10.4 Å². The molecule has 0 aliphatic rings. The molecule has 0 unspecified atom stereocenters. The molecule has 2 aromatic carbocycles. The number of carbonyl (C=O) groups excluding carboxylic acids is 3.